The lowest BCUT2D eigenvalue weighted by molar-refractivity contribution is 0.421. The molecule has 1 heteroatoms. The van der Waals surface area contributed by atoms with Crippen LogP contribution in [0.5, 0.6) is 0 Å². The van der Waals surface area contributed by atoms with Crippen LogP contribution < -0.4 is 5.73 Å². The van der Waals surface area contributed by atoms with E-state index >= 15 is 0 Å². The highest BCUT2D eigenvalue weighted by Gasteiger charge is 2.36. The van der Waals surface area contributed by atoms with E-state index in [2.05, 4.69) is 0 Å². The van der Waals surface area contributed by atoms with Crippen LogP contribution in [-0.4, -0.2) is 6.04 Å². The van der Waals surface area contributed by atoms with Gasteiger partial charge in [0, 0.05) is 6.04 Å². The van der Waals surface area contributed by atoms with Gasteiger partial charge in [0.25, 0.3) is 0 Å². The van der Waals surface area contributed by atoms with Crippen LogP contribution in [-0.2, 0) is 0 Å². The van der Waals surface area contributed by atoms with Crippen LogP contribution in [0.4, 0.5) is 0 Å². The van der Waals surface area contributed by atoms with Crippen molar-refractivity contribution in [3.8, 4) is 0 Å². The van der Waals surface area contributed by atoms with E-state index in [4.69, 9.17) is 5.73 Å². The zero-order chi connectivity index (χ0) is 6.27. The van der Waals surface area contributed by atoms with Crippen molar-refractivity contribution >= 4 is 0 Å². The molecule has 0 aromatic rings. The van der Waals surface area contributed by atoms with E-state index in [0.717, 1.165) is 11.8 Å². The predicted molar refractivity (Wildman–Crippen MR) is 38.0 cm³/mol. The number of hydrogen-bond donors (Lipinski definition) is 1. The van der Waals surface area contributed by atoms with E-state index < -0.39 is 0 Å². The van der Waals surface area contributed by atoms with Gasteiger partial charge in [-0.1, -0.05) is 12.8 Å². The molecule has 3 atom stereocenters. The molecular weight excluding hydrogens is 110 g/mol. The summed E-state index contributed by atoms with van der Waals surface area (Å²) < 4.78 is 0. The summed E-state index contributed by atoms with van der Waals surface area (Å²) in [6.45, 7) is 0. The topological polar surface area (TPSA) is 26.0 Å². The zero-order valence-corrected chi connectivity index (χ0v) is 5.84. The Morgan fingerprint density at radius 1 is 1.00 bits per heavy atom. The molecule has 2 N–H and O–H groups in total. The average molecular weight is 125 g/mol. The van der Waals surface area contributed by atoms with E-state index in [1.54, 1.807) is 0 Å². The minimum atomic E-state index is 0.567. The second-order valence-electron chi connectivity index (χ2n) is 3.60. The molecule has 0 unspecified atom stereocenters. The van der Waals surface area contributed by atoms with E-state index in [9.17, 15) is 0 Å². The summed E-state index contributed by atoms with van der Waals surface area (Å²) in [7, 11) is 0. The first-order chi connectivity index (χ1) is 4.38. The van der Waals surface area contributed by atoms with Gasteiger partial charge in [-0.05, 0) is 31.1 Å². The van der Waals surface area contributed by atoms with E-state index in [1.165, 1.54) is 32.1 Å². The minimum absolute atomic E-state index is 0.567. The Hall–Kier alpha value is -0.0400. The fourth-order valence-corrected chi connectivity index (χ4v) is 2.61. The highest BCUT2D eigenvalue weighted by atomic mass is 14.7. The normalized spacial score (nSPS) is 49.7. The molecule has 0 spiro atoms. The first-order valence-electron chi connectivity index (χ1n) is 4.13. The minimum Gasteiger partial charge on any atom is -0.327 e. The van der Waals surface area contributed by atoms with E-state index in [-0.39, 0.29) is 0 Å². The molecule has 2 aliphatic carbocycles. The number of fused-ring (bicyclic) bond motifs is 1. The van der Waals surface area contributed by atoms with Crippen molar-refractivity contribution in [3.05, 3.63) is 0 Å². The lowest BCUT2D eigenvalue weighted by Crippen LogP contribution is -2.24. The number of hydrogen-bond acceptors (Lipinski definition) is 1. The smallest absolute Gasteiger partial charge is 0.00699 e. The van der Waals surface area contributed by atoms with Crippen molar-refractivity contribution < 1.29 is 0 Å². The average Bonchev–Trinajstić information content (AvgIpc) is 2.35. The van der Waals surface area contributed by atoms with Crippen LogP contribution in [0.3, 0.4) is 0 Å². The van der Waals surface area contributed by atoms with Crippen molar-refractivity contribution in [2.45, 2.75) is 38.1 Å². The van der Waals surface area contributed by atoms with Crippen molar-refractivity contribution in [1.82, 2.24) is 0 Å². The standard InChI is InChI=1S/C8H15N/c9-8-5-4-6-2-1-3-7(6)8/h6-8H,1-5,9H2/t6-,7-,8+/m1/s1. The third-order valence-electron chi connectivity index (χ3n) is 3.14. The van der Waals surface area contributed by atoms with Gasteiger partial charge in [0.1, 0.15) is 0 Å². The molecule has 2 fully saturated rings. The Balaban J connectivity index is 2.07. The van der Waals surface area contributed by atoms with Gasteiger partial charge in [-0.15, -0.1) is 0 Å². The lowest BCUT2D eigenvalue weighted by Gasteiger charge is -2.11. The molecule has 2 saturated carbocycles. The van der Waals surface area contributed by atoms with Crippen molar-refractivity contribution in [2.24, 2.45) is 17.6 Å². The Morgan fingerprint density at radius 2 is 1.89 bits per heavy atom. The molecule has 0 radical (unpaired) electrons. The molecule has 52 valence electrons. The first-order valence-corrected chi connectivity index (χ1v) is 4.13. The zero-order valence-electron chi connectivity index (χ0n) is 5.84. The summed E-state index contributed by atoms with van der Waals surface area (Å²) >= 11 is 0. The van der Waals surface area contributed by atoms with Crippen molar-refractivity contribution in [2.75, 3.05) is 0 Å². The molecule has 0 heterocycles. The fraction of sp³-hybridized carbons (Fsp3) is 1.00. The van der Waals surface area contributed by atoms with Crippen molar-refractivity contribution in [3.63, 3.8) is 0 Å². The van der Waals surface area contributed by atoms with Crippen molar-refractivity contribution in [1.29, 1.82) is 0 Å². The number of nitrogens with two attached hydrogens (primary N) is 1. The summed E-state index contributed by atoms with van der Waals surface area (Å²) in [6, 6.07) is 0.567. The fourth-order valence-electron chi connectivity index (χ4n) is 2.61. The van der Waals surface area contributed by atoms with Gasteiger partial charge < -0.3 is 5.73 Å². The second-order valence-corrected chi connectivity index (χ2v) is 3.60. The summed E-state index contributed by atoms with van der Waals surface area (Å²) in [5.74, 6) is 1.95. The molecule has 0 aromatic heterocycles. The van der Waals surface area contributed by atoms with Crippen LogP contribution in [0.2, 0.25) is 0 Å². The molecule has 1 nitrogen and oxygen atoms in total. The quantitative estimate of drug-likeness (QED) is 0.522. The van der Waals surface area contributed by atoms with Crippen LogP contribution in [0.15, 0.2) is 0 Å². The summed E-state index contributed by atoms with van der Waals surface area (Å²) in [4.78, 5) is 0. The third kappa shape index (κ3) is 0.787. The van der Waals surface area contributed by atoms with Gasteiger partial charge in [0.05, 0.1) is 0 Å². The second kappa shape index (κ2) is 1.98. The van der Waals surface area contributed by atoms with Gasteiger partial charge in [-0.25, -0.2) is 0 Å². The maximum absolute atomic E-state index is 5.92. The molecule has 0 bridgehead atoms. The molecule has 0 saturated heterocycles. The van der Waals surface area contributed by atoms with Crippen LogP contribution in [0, 0.1) is 11.8 Å². The van der Waals surface area contributed by atoms with Gasteiger partial charge in [-0.3, -0.25) is 0 Å². The number of rotatable bonds is 0. The Morgan fingerprint density at radius 3 is 2.67 bits per heavy atom. The largest absolute Gasteiger partial charge is 0.327 e. The lowest BCUT2D eigenvalue weighted by atomic mass is 9.98. The molecule has 0 aliphatic heterocycles. The molecule has 2 rings (SSSR count). The van der Waals surface area contributed by atoms with Gasteiger partial charge in [-0.2, -0.15) is 0 Å². The molecular formula is C8H15N. The van der Waals surface area contributed by atoms with E-state index in [1.807, 2.05) is 0 Å². The Labute approximate surface area is 56.6 Å². The maximum Gasteiger partial charge on any atom is 0.00699 e. The highest BCUT2D eigenvalue weighted by molar-refractivity contribution is 4.91. The maximum atomic E-state index is 5.92. The van der Waals surface area contributed by atoms with Crippen LogP contribution in [0.1, 0.15) is 32.1 Å². The first kappa shape index (κ1) is 5.72. The SMILES string of the molecule is N[C@H]1CC[C@H]2CCC[C@H]21. The van der Waals surface area contributed by atoms with Gasteiger partial charge in [0.2, 0.25) is 0 Å². The van der Waals surface area contributed by atoms with Gasteiger partial charge in [0.15, 0.2) is 0 Å². The summed E-state index contributed by atoms with van der Waals surface area (Å²) in [6.07, 6.45) is 7.06. The molecule has 0 amide bonds. The monoisotopic (exact) mass is 125 g/mol. The van der Waals surface area contributed by atoms with Crippen LogP contribution >= 0.6 is 0 Å². The molecule has 0 aromatic carbocycles. The van der Waals surface area contributed by atoms with Gasteiger partial charge >= 0.3 is 0 Å². The van der Waals surface area contributed by atoms with Crippen LogP contribution in [0.25, 0.3) is 0 Å². The summed E-state index contributed by atoms with van der Waals surface area (Å²) in [5, 5.41) is 0. The highest BCUT2D eigenvalue weighted by Crippen LogP contribution is 2.42. The summed E-state index contributed by atoms with van der Waals surface area (Å²) in [5.41, 5.74) is 5.92. The predicted octanol–water partition coefficient (Wildman–Crippen LogP) is 1.52. The van der Waals surface area contributed by atoms with E-state index in [0.29, 0.717) is 6.04 Å². The molecule has 2 aliphatic rings. The third-order valence-corrected chi connectivity index (χ3v) is 3.14. The Kier molecular flexibility index (Phi) is 1.26. The Bertz CT molecular complexity index is 111. The molecule has 9 heavy (non-hydrogen) atoms.